The lowest BCUT2D eigenvalue weighted by Crippen LogP contribution is -2.35. The summed E-state index contributed by atoms with van der Waals surface area (Å²) in [7, 11) is 0. The number of anilines is 3. The number of rotatable bonds is 4. The molecule has 4 rings (SSSR count). The molecular formula is C24H27ClN4O3. The summed E-state index contributed by atoms with van der Waals surface area (Å²) in [6.07, 6.45) is 4.57. The zero-order valence-electron chi connectivity index (χ0n) is 17.9. The van der Waals surface area contributed by atoms with Crippen molar-refractivity contribution in [1.29, 1.82) is 0 Å². The number of urea groups is 1. The molecular weight excluding hydrogens is 428 g/mol. The number of likely N-dealkylation sites (tertiary alicyclic amines) is 1. The Morgan fingerprint density at radius 2 is 1.56 bits per heavy atom. The first-order valence-corrected chi connectivity index (χ1v) is 11.4. The minimum absolute atomic E-state index is 0.0886. The lowest BCUT2D eigenvalue weighted by Gasteiger charge is -2.21. The van der Waals surface area contributed by atoms with Gasteiger partial charge in [-0.25, -0.2) is 4.79 Å². The van der Waals surface area contributed by atoms with Gasteiger partial charge in [-0.05, 0) is 55.3 Å². The Kier molecular flexibility index (Phi) is 6.95. The Morgan fingerprint density at radius 3 is 2.22 bits per heavy atom. The Balaban J connectivity index is 1.32. The molecule has 0 saturated carbocycles. The van der Waals surface area contributed by atoms with Crippen LogP contribution in [0.1, 0.15) is 32.1 Å². The summed E-state index contributed by atoms with van der Waals surface area (Å²) in [5, 5.41) is 6.34. The van der Waals surface area contributed by atoms with Crippen molar-refractivity contribution in [3.63, 3.8) is 0 Å². The molecule has 2 fully saturated rings. The average Bonchev–Trinajstić information content (AvgIpc) is 2.98. The monoisotopic (exact) mass is 454 g/mol. The molecule has 4 amide bonds. The smallest absolute Gasteiger partial charge is 0.321 e. The van der Waals surface area contributed by atoms with E-state index in [1.807, 2.05) is 11.0 Å². The van der Waals surface area contributed by atoms with E-state index >= 15 is 0 Å². The Morgan fingerprint density at radius 1 is 0.906 bits per heavy atom. The van der Waals surface area contributed by atoms with Gasteiger partial charge in [-0.15, -0.1) is 0 Å². The van der Waals surface area contributed by atoms with E-state index in [0.717, 1.165) is 25.9 Å². The quantitative estimate of drug-likeness (QED) is 0.700. The third-order valence-corrected chi connectivity index (χ3v) is 6.15. The Hall–Kier alpha value is -3.06. The maximum absolute atomic E-state index is 12.7. The van der Waals surface area contributed by atoms with Crippen molar-refractivity contribution in [3.8, 4) is 0 Å². The predicted octanol–water partition coefficient (Wildman–Crippen LogP) is 4.74. The molecule has 1 atom stereocenters. The number of carbonyl (C=O) groups excluding carboxylic acids is 3. The SMILES string of the molecule is O=C(Nc1ccc(NC(=O)N2CCCCCC2)cc1)C1CC(=O)N(c2cccc(Cl)c2)C1. The van der Waals surface area contributed by atoms with Crippen LogP contribution >= 0.6 is 11.6 Å². The van der Waals surface area contributed by atoms with Gasteiger partial charge in [-0.1, -0.05) is 30.5 Å². The molecule has 2 saturated heterocycles. The summed E-state index contributed by atoms with van der Waals surface area (Å²) >= 11 is 6.03. The minimum atomic E-state index is -0.441. The molecule has 2 aromatic rings. The maximum Gasteiger partial charge on any atom is 0.321 e. The fourth-order valence-electron chi connectivity index (χ4n) is 4.13. The predicted molar refractivity (Wildman–Crippen MR) is 126 cm³/mol. The van der Waals surface area contributed by atoms with Gasteiger partial charge in [-0.2, -0.15) is 0 Å². The number of nitrogens with zero attached hydrogens (tertiary/aromatic N) is 2. The Labute approximate surface area is 192 Å². The van der Waals surface area contributed by atoms with Crippen LogP contribution in [0.5, 0.6) is 0 Å². The highest BCUT2D eigenvalue weighted by Gasteiger charge is 2.35. The molecule has 32 heavy (non-hydrogen) atoms. The van der Waals surface area contributed by atoms with Crippen LogP contribution < -0.4 is 15.5 Å². The van der Waals surface area contributed by atoms with Crippen LogP contribution in [-0.2, 0) is 9.59 Å². The van der Waals surface area contributed by atoms with Crippen molar-refractivity contribution in [2.45, 2.75) is 32.1 Å². The summed E-state index contributed by atoms with van der Waals surface area (Å²) in [5.41, 5.74) is 2.00. The van der Waals surface area contributed by atoms with E-state index in [9.17, 15) is 14.4 Å². The highest BCUT2D eigenvalue weighted by atomic mass is 35.5. The van der Waals surface area contributed by atoms with Gasteiger partial charge in [0.1, 0.15) is 0 Å². The average molecular weight is 455 g/mol. The second-order valence-electron chi connectivity index (χ2n) is 8.28. The normalized spacial score (nSPS) is 18.9. The van der Waals surface area contributed by atoms with Crippen LogP contribution in [-0.4, -0.2) is 42.4 Å². The number of nitrogens with one attached hydrogen (secondary N) is 2. The molecule has 2 N–H and O–H groups in total. The molecule has 0 aromatic heterocycles. The van der Waals surface area contributed by atoms with Crippen LogP contribution in [0, 0.1) is 5.92 Å². The van der Waals surface area contributed by atoms with Gasteiger partial charge in [0, 0.05) is 48.1 Å². The second-order valence-corrected chi connectivity index (χ2v) is 8.72. The number of amides is 4. The van der Waals surface area contributed by atoms with Crippen molar-refractivity contribution >= 4 is 46.5 Å². The standard InChI is InChI=1S/C24H27ClN4O3/c25-18-6-5-7-21(15-18)29-16-17(14-22(29)30)23(31)26-19-8-10-20(11-9-19)27-24(32)28-12-3-1-2-4-13-28/h5-11,15,17H,1-4,12-14,16H2,(H,26,31)(H,27,32). The second kappa shape index (κ2) is 10.0. The summed E-state index contributed by atoms with van der Waals surface area (Å²) < 4.78 is 0. The minimum Gasteiger partial charge on any atom is -0.326 e. The lowest BCUT2D eigenvalue weighted by molar-refractivity contribution is -0.122. The van der Waals surface area contributed by atoms with Gasteiger partial charge < -0.3 is 20.4 Å². The fourth-order valence-corrected chi connectivity index (χ4v) is 4.32. The highest BCUT2D eigenvalue weighted by Crippen LogP contribution is 2.28. The topological polar surface area (TPSA) is 81.8 Å². The van der Waals surface area contributed by atoms with Gasteiger partial charge in [0.2, 0.25) is 11.8 Å². The molecule has 2 heterocycles. The molecule has 0 spiro atoms. The van der Waals surface area contributed by atoms with Crippen LogP contribution in [0.4, 0.5) is 21.9 Å². The van der Waals surface area contributed by atoms with Crippen molar-refractivity contribution in [2.75, 3.05) is 35.2 Å². The van der Waals surface area contributed by atoms with Gasteiger partial charge in [-0.3, -0.25) is 9.59 Å². The van der Waals surface area contributed by atoms with Crippen molar-refractivity contribution in [3.05, 3.63) is 53.6 Å². The van der Waals surface area contributed by atoms with Crippen LogP contribution in [0.25, 0.3) is 0 Å². The van der Waals surface area contributed by atoms with Crippen molar-refractivity contribution in [2.24, 2.45) is 5.92 Å². The largest absolute Gasteiger partial charge is 0.326 e. The van der Waals surface area contributed by atoms with E-state index in [0.29, 0.717) is 28.6 Å². The molecule has 2 aliphatic heterocycles. The fraction of sp³-hybridized carbons (Fsp3) is 0.375. The third kappa shape index (κ3) is 5.40. The van der Waals surface area contributed by atoms with Gasteiger partial charge >= 0.3 is 6.03 Å². The number of hydrogen-bond donors (Lipinski definition) is 2. The van der Waals surface area contributed by atoms with Gasteiger partial charge in [0.25, 0.3) is 0 Å². The first-order chi connectivity index (χ1) is 15.5. The number of benzene rings is 2. The molecule has 1 unspecified atom stereocenters. The number of carbonyl (C=O) groups is 3. The van der Waals surface area contributed by atoms with Crippen LogP contribution in [0.2, 0.25) is 5.02 Å². The molecule has 0 radical (unpaired) electrons. The summed E-state index contributed by atoms with van der Waals surface area (Å²) in [4.78, 5) is 41.0. The van der Waals surface area contributed by atoms with Crippen molar-refractivity contribution in [1.82, 2.24) is 4.90 Å². The maximum atomic E-state index is 12.7. The Bertz CT molecular complexity index is 987. The van der Waals surface area contributed by atoms with E-state index in [-0.39, 0.29) is 24.3 Å². The molecule has 0 bridgehead atoms. The van der Waals surface area contributed by atoms with Gasteiger partial charge in [0.15, 0.2) is 0 Å². The number of hydrogen-bond acceptors (Lipinski definition) is 3. The number of halogens is 1. The molecule has 0 aliphatic carbocycles. The first kappa shape index (κ1) is 22.1. The van der Waals surface area contributed by atoms with E-state index in [4.69, 9.17) is 11.6 Å². The first-order valence-electron chi connectivity index (χ1n) is 11.0. The molecule has 2 aliphatic rings. The highest BCUT2D eigenvalue weighted by molar-refractivity contribution is 6.31. The molecule has 8 heteroatoms. The zero-order valence-corrected chi connectivity index (χ0v) is 18.6. The third-order valence-electron chi connectivity index (χ3n) is 5.91. The van der Waals surface area contributed by atoms with Crippen LogP contribution in [0.3, 0.4) is 0 Å². The van der Waals surface area contributed by atoms with E-state index < -0.39 is 5.92 Å². The van der Waals surface area contributed by atoms with E-state index in [1.165, 1.54) is 12.8 Å². The van der Waals surface area contributed by atoms with Gasteiger partial charge in [0.05, 0.1) is 5.92 Å². The summed E-state index contributed by atoms with van der Waals surface area (Å²) in [6, 6.07) is 14.0. The molecule has 168 valence electrons. The molecule has 2 aromatic carbocycles. The molecule has 7 nitrogen and oxygen atoms in total. The summed E-state index contributed by atoms with van der Waals surface area (Å²) in [5.74, 6) is -0.743. The zero-order chi connectivity index (χ0) is 22.5. The lowest BCUT2D eigenvalue weighted by atomic mass is 10.1. The van der Waals surface area contributed by atoms with Crippen LogP contribution in [0.15, 0.2) is 48.5 Å². The van der Waals surface area contributed by atoms with E-state index in [2.05, 4.69) is 10.6 Å². The summed E-state index contributed by atoms with van der Waals surface area (Å²) in [6.45, 7) is 1.88. The van der Waals surface area contributed by atoms with Crippen molar-refractivity contribution < 1.29 is 14.4 Å². The van der Waals surface area contributed by atoms with E-state index in [1.54, 1.807) is 47.4 Å².